The fourth-order valence-corrected chi connectivity index (χ4v) is 2.56. The minimum Gasteiger partial charge on any atom is -0.387 e. The third-order valence-corrected chi connectivity index (χ3v) is 4.34. The molecule has 3 nitrogen and oxygen atoms in total. The summed E-state index contributed by atoms with van der Waals surface area (Å²) >= 11 is 0. The molecule has 0 fully saturated rings. The summed E-state index contributed by atoms with van der Waals surface area (Å²) in [5.74, 6) is 1.14. The second kappa shape index (κ2) is 10.6. The van der Waals surface area contributed by atoms with E-state index < -0.39 is 0 Å². The van der Waals surface area contributed by atoms with E-state index in [4.69, 9.17) is 0 Å². The van der Waals surface area contributed by atoms with Crippen molar-refractivity contribution in [3.8, 4) is 0 Å². The van der Waals surface area contributed by atoms with Gasteiger partial charge >= 0.3 is 0 Å². The molecule has 1 aromatic rings. The van der Waals surface area contributed by atoms with Crippen LogP contribution in [0.15, 0.2) is 60.2 Å². The van der Waals surface area contributed by atoms with Crippen molar-refractivity contribution in [2.45, 2.75) is 40.0 Å². The van der Waals surface area contributed by atoms with Crippen LogP contribution in [0, 0.1) is 6.92 Å². The van der Waals surface area contributed by atoms with Crippen LogP contribution < -0.4 is 10.6 Å². The van der Waals surface area contributed by atoms with E-state index >= 15 is 0 Å². The molecule has 0 aromatic heterocycles. The van der Waals surface area contributed by atoms with Gasteiger partial charge in [-0.05, 0) is 50.0 Å². The first-order chi connectivity index (χ1) is 11.5. The molecule has 1 aromatic carbocycles. The molecule has 0 aliphatic rings. The predicted octanol–water partition coefficient (Wildman–Crippen LogP) is 4.34. The van der Waals surface area contributed by atoms with E-state index in [0.29, 0.717) is 0 Å². The zero-order valence-corrected chi connectivity index (χ0v) is 15.9. The third-order valence-electron chi connectivity index (χ3n) is 4.34. The molecule has 3 heteroatoms. The maximum Gasteiger partial charge on any atom is 0.102 e. The lowest BCUT2D eigenvalue weighted by molar-refractivity contribution is 0.456. The molecular formula is C21H33N3. The normalized spacial score (nSPS) is 12.5. The Morgan fingerprint density at radius 1 is 1.29 bits per heavy atom. The first kappa shape index (κ1) is 19.9. The van der Waals surface area contributed by atoms with Gasteiger partial charge in [0.1, 0.15) is 5.82 Å². The number of nitrogens with one attached hydrogen (secondary N) is 2. The van der Waals surface area contributed by atoms with Gasteiger partial charge in [-0.15, -0.1) is 0 Å². The number of benzene rings is 1. The van der Waals surface area contributed by atoms with Gasteiger partial charge in [0.25, 0.3) is 0 Å². The van der Waals surface area contributed by atoms with Crippen molar-refractivity contribution in [1.82, 2.24) is 15.5 Å². The van der Waals surface area contributed by atoms with Crippen molar-refractivity contribution >= 4 is 0 Å². The van der Waals surface area contributed by atoms with Crippen molar-refractivity contribution in [3.63, 3.8) is 0 Å². The van der Waals surface area contributed by atoms with Crippen LogP contribution in [-0.2, 0) is 6.42 Å². The Labute approximate surface area is 148 Å². The van der Waals surface area contributed by atoms with Crippen molar-refractivity contribution < 1.29 is 0 Å². The fourth-order valence-electron chi connectivity index (χ4n) is 2.56. The highest BCUT2D eigenvalue weighted by atomic mass is 15.2. The number of aryl methyl sites for hydroxylation is 1. The molecule has 0 aliphatic carbocycles. The monoisotopic (exact) mass is 327 g/mol. The molecule has 0 radical (unpaired) electrons. The Bertz CT molecular complexity index is 585. The van der Waals surface area contributed by atoms with E-state index in [-0.39, 0.29) is 0 Å². The van der Waals surface area contributed by atoms with Gasteiger partial charge < -0.3 is 15.5 Å². The molecule has 0 spiro atoms. The first-order valence-corrected chi connectivity index (χ1v) is 8.78. The molecule has 0 saturated carbocycles. The van der Waals surface area contributed by atoms with Crippen LogP contribution in [-0.4, -0.2) is 25.5 Å². The average Bonchev–Trinajstić information content (AvgIpc) is 2.59. The van der Waals surface area contributed by atoms with Crippen LogP contribution in [0.5, 0.6) is 0 Å². The summed E-state index contributed by atoms with van der Waals surface area (Å²) in [6, 6.07) is 8.55. The van der Waals surface area contributed by atoms with Gasteiger partial charge in [0.05, 0.1) is 5.70 Å². The third kappa shape index (κ3) is 5.80. The van der Waals surface area contributed by atoms with E-state index in [0.717, 1.165) is 30.2 Å². The van der Waals surface area contributed by atoms with Crippen LogP contribution >= 0.6 is 0 Å². The SMILES string of the molecule is C=C/C(NC)=C(/C)N(C)/C(=C\Cc1ccccc1C)NCCCC. The summed E-state index contributed by atoms with van der Waals surface area (Å²) in [4.78, 5) is 2.20. The summed E-state index contributed by atoms with van der Waals surface area (Å²) < 4.78 is 0. The van der Waals surface area contributed by atoms with Gasteiger partial charge in [-0.1, -0.05) is 44.2 Å². The van der Waals surface area contributed by atoms with Gasteiger partial charge in [-0.3, -0.25) is 0 Å². The largest absolute Gasteiger partial charge is 0.387 e. The number of hydrogen-bond donors (Lipinski definition) is 2. The standard InChI is InChI=1S/C21H33N3/c1-7-9-16-23-21(24(6)18(4)20(8-2)22-5)15-14-19-13-11-10-12-17(19)3/h8,10-13,15,22-23H,2,7,9,14,16H2,1,3-6H3/b20-18+,21-15-. The molecule has 132 valence electrons. The Morgan fingerprint density at radius 3 is 2.58 bits per heavy atom. The maximum absolute atomic E-state index is 3.89. The minimum atomic E-state index is 0.918. The van der Waals surface area contributed by atoms with E-state index in [1.54, 1.807) is 0 Å². The summed E-state index contributed by atoms with van der Waals surface area (Å²) in [6.45, 7) is 11.4. The summed E-state index contributed by atoms with van der Waals surface area (Å²) in [7, 11) is 4.02. The lowest BCUT2D eigenvalue weighted by Crippen LogP contribution is -2.30. The van der Waals surface area contributed by atoms with Gasteiger partial charge in [0, 0.05) is 26.3 Å². The molecule has 0 bridgehead atoms. The number of hydrogen-bond acceptors (Lipinski definition) is 3. The van der Waals surface area contributed by atoms with Gasteiger partial charge in [0.2, 0.25) is 0 Å². The molecule has 1 rings (SSSR count). The number of unbranched alkanes of at least 4 members (excludes halogenated alkanes) is 1. The second-order valence-electron chi connectivity index (χ2n) is 6.01. The van der Waals surface area contributed by atoms with Crippen molar-refractivity contribution in [1.29, 1.82) is 0 Å². The Hall–Kier alpha value is -2.16. The molecule has 0 unspecified atom stereocenters. The highest BCUT2D eigenvalue weighted by molar-refractivity contribution is 5.29. The first-order valence-electron chi connectivity index (χ1n) is 8.78. The van der Waals surface area contributed by atoms with Gasteiger partial charge in [0.15, 0.2) is 0 Å². The van der Waals surface area contributed by atoms with Crippen LogP contribution in [0.2, 0.25) is 0 Å². The number of allylic oxidation sites excluding steroid dienone is 3. The van der Waals surface area contributed by atoms with Crippen molar-refractivity contribution in [3.05, 3.63) is 71.3 Å². The van der Waals surface area contributed by atoms with Crippen molar-refractivity contribution in [2.75, 3.05) is 20.6 Å². The minimum absolute atomic E-state index is 0.918. The van der Waals surface area contributed by atoms with Crippen LogP contribution in [0.1, 0.15) is 37.8 Å². The molecule has 0 atom stereocenters. The number of nitrogens with zero attached hydrogens (tertiary/aromatic N) is 1. The Kier molecular flexibility index (Phi) is 8.77. The fraction of sp³-hybridized carbons (Fsp3) is 0.429. The predicted molar refractivity (Wildman–Crippen MR) is 106 cm³/mol. The van der Waals surface area contributed by atoms with E-state index in [2.05, 4.69) is 80.3 Å². The summed E-state index contributed by atoms with van der Waals surface area (Å²) in [5.41, 5.74) is 4.88. The topological polar surface area (TPSA) is 27.3 Å². The Balaban J connectivity index is 3.02. The summed E-state index contributed by atoms with van der Waals surface area (Å²) in [6.07, 6.45) is 7.40. The van der Waals surface area contributed by atoms with E-state index in [1.807, 2.05) is 13.1 Å². The maximum atomic E-state index is 3.89. The highest BCUT2D eigenvalue weighted by Crippen LogP contribution is 2.14. The molecule has 24 heavy (non-hydrogen) atoms. The number of rotatable bonds is 10. The van der Waals surface area contributed by atoms with E-state index in [1.165, 1.54) is 24.0 Å². The quantitative estimate of drug-likeness (QED) is 0.494. The molecular weight excluding hydrogens is 294 g/mol. The van der Waals surface area contributed by atoms with Crippen LogP contribution in [0.25, 0.3) is 0 Å². The second-order valence-corrected chi connectivity index (χ2v) is 6.01. The molecule has 0 aliphatic heterocycles. The molecule has 0 saturated heterocycles. The average molecular weight is 328 g/mol. The van der Waals surface area contributed by atoms with E-state index in [9.17, 15) is 0 Å². The smallest absolute Gasteiger partial charge is 0.102 e. The van der Waals surface area contributed by atoms with Crippen LogP contribution in [0.4, 0.5) is 0 Å². The zero-order valence-electron chi connectivity index (χ0n) is 15.9. The summed E-state index contributed by atoms with van der Waals surface area (Å²) in [5, 5.41) is 6.79. The number of likely N-dealkylation sites (N-methyl/N-ethyl adjacent to an activating group) is 1. The van der Waals surface area contributed by atoms with Gasteiger partial charge in [-0.25, -0.2) is 0 Å². The zero-order chi connectivity index (χ0) is 17.9. The Morgan fingerprint density at radius 2 is 2.00 bits per heavy atom. The molecule has 2 N–H and O–H groups in total. The molecule has 0 amide bonds. The molecule has 0 heterocycles. The lowest BCUT2D eigenvalue weighted by atomic mass is 10.1. The van der Waals surface area contributed by atoms with Crippen molar-refractivity contribution in [2.24, 2.45) is 0 Å². The van der Waals surface area contributed by atoms with Crippen LogP contribution in [0.3, 0.4) is 0 Å². The lowest BCUT2D eigenvalue weighted by Gasteiger charge is -2.26. The van der Waals surface area contributed by atoms with Gasteiger partial charge in [-0.2, -0.15) is 0 Å². The highest BCUT2D eigenvalue weighted by Gasteiger charge is 2.09.